The lowest BCUT2D eigenvalue weighted by atomic mass is 9.94. The molecule has 0 saturated carbocycles. The van der Waals surface area contributed by atoms with Crippen LogP contribution in [0.5, 0.6) is 0 Å². The number of carbonyl (C=O) groups excluding carboxylic acids is 2. The monoisotopic (exact) mass is 847 g/mol. The topological polar surface area (TPSA) is 121 Å². The third kappa shape index (κ3) is 9.71. The van der Waals surface area contributed by atoms with Crippen LogP contribution in [0.4, 0.5) is 10.1 Å². The maximum Gasteiger partial charge on any atom is 0.328 e. The van der Waals surface area contributed by atoms with Crippen molar-refractivity contribution in [2.24, 2.45) is 0 Å². The molecule has 6 aromatic rings. The molecular formula is C48H47ClFN3O6S. The standard InChI is InChI=1S/C48H47ClFN3O6S/c1-30(2)44-43(47(57)51-35-13-7-4-8-14-35)42(31-11-5-3-6-12-31)45(32-17-19-34(50)20-18-32)53(44)25-21-36(54)27-37(28-41(55)56)59-48(58)46(38-15-9-10-16-39(38)49)52-24-22-40-33(29-52)23-26-60-40/h3-20,23,26,30,36-37,46,54H,21-22,24-25,27-29H2,1-2H3,(H,51,57)(H,55,56)/t36-,37-,46+/m1/s1. The number of esters is 1. The second kappa shape index (κ2) is 19.2. The number of nitrogens with one attached hydrogen (secondary N) is 1. The summed E-state index contributed by atoms with van der Waals surface area (Å²) >= 11 is 8.34. The lowest BCUT2D eigenvalue weighted by Gasteiger charge is -2.34. The number of benzene rings is 4. The molecule has 0 radical (unpaired) electrons. The number of amides is 1. The Morgan fingerprint density at radius 2 is 1.58 bits per heavy atom. The lowest BCUT2D eigenvalue weighted by molar-refractivity contribution is -0.160. The Labute approximate surface area is 358 Å². The molecule has 0 fully saturated rings. The fraction of sp³-hybridized carbons (Fsp3) is 0.271. The van der Waals surface area contributed by atoms with E-state index in [4.69, 9.17) is 16.3 Å². The van der Waals surface area contributed by atoms with E-state index in [1.807, 2.05) is 95.4 Å². The molecule has 0 bridgehead atoms. The van der Waals surface area contributed by atoms with Gasteiger partial charge in [-0.3, -0.25) is 14.5 Å². The van der Waals surface area contributed by atoms with Crippen molar-refractivity contribution in [3.05, 3.63) is 159 Å². The van der Waals surface area contributed by atoms with Crippen molar-refractivity contribution >= 4 is 46.5 Å². The largest absolute Gasteiger partial charge is 0.481 e. The Balaban J connectivity index is 1.21. The smallest absolute Gasteiger partial charge is 0.328 e. The van der Waals surface area contributed by atoms with E-state index in [2.05, 4.69) is 5.32 Å². The van der Waals surface area contributed by atoms with Gasteiger partial charge in [-0.05, 0) is 94.9 Å². The molecule has 7 rings (SSSR count). The molecule has 0 saturated heterocycles. The molecular weight excluding hydrogens is 801 g/mol. The quantitative estimate of drug-likeness (QED) is 0.0830. The number of thiophene rings is 1. The predicted molar refractivity (Wildman–Crippen MR) is 234 cm³/mol. The summed E-state index contributed by atoms with van der Waals surface area (Å²) in [5.74, 6) is -2.74. The number of aromatic nitrogens is 1. The van der Waals surface area contributed by atoms with Gasteiger partial charge in [-0.25, -0.2) is 9.18 Å². The summed E-state index contributed by atoms with van der Waals surface area (Å²) in [6.45, 7) is 5.25. The van der Waals surface area contributed by atoms with Crippen molar-refractivity contribution in [1.29, 1.82) is 0 Å². The van der Waals surface area contributed by atoms with E-state index in [-0.39, 0.29) is 31.2 Å². The highest BCUT2D eigenvalue weighted by atomic mass is 35.5. The van der Waals surface area contributed by atoms with E-state index in [0.29, 0.717) is 57.4 Å². The summed E-state index contributed by atoms with van der Waals surface area (Å²) < 4.78 is 22.4. The average molecular weight is 848 g/mol. The maximum absolute atomic E-state index is 14.5. The molecule has 3 heterocycles. The van der Waals surface area contributed by atoms with Gasteiger partial charge in [0.2, 0.25) is 0 Å². The van der Waals surface area contributed by atoms with Crippen LogP contribution in [0.3, 0.4) is 0 Å². The van der Waals surface area contributed by atoms with Crippen molar-refractivity contribution in [2.45, 2.75) is 76.8 Å². The van der Waals surface area contributed by atoms with Crippen LogP contribution in [0.25, 0.3) is 22.4 Å². The van der Waals surface area contributed by atoms with E-state index < -0.39 is 42.4 Å². The van der Waals surface area contributed by atoms with Gasteiger partial charge in [0.15, 0.2) is 0 Å². The minimum absolute atomic E-state index is 0.116. The predicted octanol–water partition coefficient (Wildman–Crippen LogP) is 10.4. The Bertz CT molecular complexity index is 2440. The maximum atomic E-state index is 14.5. The van der Waals surface area contributed by atoms with Gasteiger partial charge in [0, 0.05) is 52.9 Å². The van der Waals surface area contributed by atoms with Crippen LogP contribution in [0, 0.1) is 5.82 Å². The molecule has 1 amide bonds. The molecule has 1 aliphatic heterocycles. The Morgan fingerprint density at radius 3 is 2.27 bits per heavy atom. The van der Waals surface area contributed by atoms with Crippen LogP contribution in [0.1, 0.15) is 77.1 Å². The molecule has 3 atom stereocenters. The first-order valence-electron chi connectivity index (χ1n) is 20.1. The van der Waals surface area contributed by atoms with E-state index in [1.165, 1.54) is 17.0 Å². The number of ether oxygens (including phenoxy) is 1. The zero-order valence-electron chi connectivity index (χ0n) is 33.4. The summed E-state index contributed by atoms with van der Waals surface area (Å²) in [6.07, 6.45) is -2.08. The lowest BCUT2D eigenvalue weighted by Crippen LogP contribution is -2.40. The number of nitrogens with zero attached hydrogens (tertiary/aromatic N) is 2. The molecule has 0 spiro atoms. The summed E-state index contributed by atoms with van der Waals surface area (Å²) in [6, 6.07) is 33.0. The van der Waals surface area contributed by atoms with E-state index in [9.17, 15) is 29.0 Å². The normalized spacial score (nSPS) is 14.3. The first kappa shape index (κ1) is 42.5. The van der Waals surface area contributed by atoms with Crippen LogP contribution in [0.15, 0.2) is 121 Å². The highest BCUT2D eigenvalue weighted by Gasteiger charge is 2.36. The highest BCUT2D eigenvalue weighted by Crippen LogP contribution is 2.43. The van der Waals surface area contributed by atoms with E-state index in [0.717, 1.165) is 17.5 Å². The number of rotatable bonds is 16. The molecule has 310 valence electrons. The van der Waals surface area contributed by atoms with Crippen molar-refractivity contribution in [1.82, 2.24) is 9.47 Å². The molecule has 0 aliphatic carbocycles. The summed E-state index contributed by atoms with van der Waals surface area (Å²) in [4.78, 5) is 44.2. The molecule has 60 heavy (non-hydrogen) atoms. The van der Waals surface area contributed by atoms with Gasteiger partial charge < -0.3 is 24.8 Å². The average Bonchev–Trinajstić information content (AvgIpc) is 3.84. The second-order valence-corrected chi connectivity index (χ2v) is 16.7. The molecule has 1 aliphatic rings. The van der Waals surface area contributed by atoms with Crippen LogP contribution < -0.4 is 5.32 Å². The molecule has 3 N–H and O–H groups in total. The van der Waals surface area contributed by atoms with Crippen molar-refractivity contribution in [2.75, 3.05) is 11.9 Å². The number of aliphatic hydroxyl groups is 1. The number of halogens is 2. The third-order valence-corrected chi connectivity index (χ3v) is 12.2. The number of anilines is 1. The SMILES string of the molecule is CC(C)c1c(C(=O)Nc2ccccc2)c(-c2ccccc2)c(-c2ccc(F)cc2)n1CC[C@@H](O)C[C@H](CC(=O)O)OC(=O)[C@H](c1ccccc1Cl)N1CCc2sccc2C1. The van der Waals surface area contributed by atoms with Gasteiger partial charge in [0.05, 0.1) is 23.8 Å². The summed E-state index contributed by atoms with van der Waals surface area (Å²) in [5, 5.41) is 27.2. The third-order valence-electron chi connectivity index (χ3n) is 10.8. The second-order valence-electron chi connectivity index (χ2n) is 15.3. The number of carboxylic acids is 1. The Morgan fingerprint density at radius 1 is 0.900 bits per heavy atom. The first-order chi connectivity index (χ1) is 29.0. The van der Waals surface area contributed by atoms with Gasteiger partial charge in [0.1, 0.15) is 18.0 Å². The summed E-state index contributed by atoms with van der Waals surface area (Å²) in [7, 11) is 0. The van der Waals surface area contributed by atoms with Crippen molar-refractivity contribution in [3.63, 3.8) is 0 Å². The van der Waals surface area contributed by atoms with Crippen molar-refractivity contribution < 1.29 is 33.7 Å². The van der Waals surface area contributed by atoms with Crippen LogP contribution in [-0.2, 0) is 33.8 Å². The number of para-hydroxylation sites is 1. The first-order valence-corrected chi connectivity index (χ1v) is 21.3. The number of hydrogen-bond acceptors (Lipinski definition) is 7. The minimum atomic E-state index is -1.18. The fourth-order valence-electron chi connectivity index (χ4n) is 8.16. The number of carboxylic acid groups (broad SMARTS) is 1. The van der Waals surface area contributed by atoms with Crippen molar-refractivity contribution in [3.8, 4) is 22.4 Å². The van der Waals surface area contributed by atoms with Gasteiger partial charge >= 0.3 is 11.9 Å². The van der Waals surface area contributed by atoms with Crippen LogP contribution in [-0.4, -0.2) is 56.3 Å². The number of aliphatic hydroxyl groups excluding tert-OH is 1. The Hall–Kier alpha value is -5.59. The van der Waals surface area contributed by atoms with E-state index in [1.54, 1.807) is 47.7 Å². The zero-order chi connectivity index (χ0) is 42.3. The molecule has 12 heteroatoms. The Kier molecular flexibility index (Phi) is 13.6. The number of aliphatic carboxylic acids is 1. The van der Waals surface area contributed by atoms with Gasteiger partial charge in [-0.1, -0.05) is 92.2 Å². The van der Waals surface area contributed by atoms with Crippen LogP contribution in [0.2, 0.25) is 5.02 Å². The number of hydrogen-bond donors (Lipinski definition) is 3. The fourth-order valence-corrected chi connectivity index (χ4v) is 9.29. The van der Waals surface area contributed by atoms with Crippen LogP contribution >= 0.6 is 22.9 Å². The van der Waals surface area contributed by atoms with Gasteiger partial charge in [0.25, 0.3) is 5.91 Å². The minimum Gasteiger partial charge on any atom is -0.481 e. The van der Waals surface area contributed by atoms with Gasteiger partial charge in [-0.15, -0.1) is 11.3 Å². The zero-order valence-corrected chi connectivity index (χ0v) is 35.0. The molecule has 4 aromatic carbocycles. The molecule has 0 unspecified atom stereocenters. The summed E-state index contributed by atoms with van der Waals surface area (Å²) in [5.41, 5.74) is 6.23. The van der Waals surface area contributed by atoms with E-state index >= 15 is 0 Å². The highest BCUT2D eigenvalue weighted by molar-refractivity contribution is 7.10. The molecule has 9 nitrogen and oxygen atoms in total. The number of fused-ring (bicyclic) bond motifs is 1. The molecule has 2 aromatic heterocycles. The van der Waals surface area contributed by atoms with Gasteiger partial charge in [-0.2, -0.15) is 0 Å². The number of carbonyl (C=O) groups is 3.